The Bertz CT molecular complexity index is 476. The first-order valence-electron chi connectivity index (χ1n) is 7.74. The summed E-state index contributed by atoms with van der Waals surface area (Å²) in [6, 6.07) is 4.06. The molecule has 0 radical (unpaired) electrons. The molecule has 4 heteroatoms. The van der Waals surface area contributed by atoms with Gasteiger partial charge < -0.3 is 14.8 Å². The minimum atomic E-state index is 0.195. The second kappa shape index (κ2) is 7.48. The maximum Gasteiger partial charge on any atom is 0.122 e. The highest BCUT2D eigenvalue weighted by Gasteiger charge is 2.25. The number of nitrogens with one attached hydrogen (secondary N) is 1. The first-order chi connectivity index (χ1) is 10.0. The van der Waals surface area contributed by atoms with E-state index in [1.165, 1.54) is 0 Å². The summed E-state index contributed by atoms with van der Waals surface area (Å²) in [5, 5.41) is 3.98. The van der Waals surface area contributed by atoms with Crippen LogP contribution in [0.25, 0.3) is 0 Å². The molecule has 1 aromatic rings. The van der Waals surface area contributed by atoms with E-state index in [0.29, 0.717) is 18.6 Å². The molecule has 0 bridgehead atoms. The van der Waals surface area contributed by atoms with Gasteiger partial charge in [-0.05, 0) is 56.0 Å². The molecule has 118 valence electrons. The van der Waals surface area contributed by atoms with E-state index in [1.54, 1.807) is 0 Å². The fourth-order valence-corrected chi connectivity index (χ4v) is 3.17. The summed E-state index contributed by atoms with van der Waals surface area (Å²) in [4.78, 5) is 0. The lowest BCUT2D eigenvalue weighted by molar-refractivity contribution is 0.0192. The maximum absolute atomic E-state index is 6.29. The Morgan fingerprint density at radius 3 is 2.71 bits per heavy atom. The SMILES string of the molecule is CNCC1CCC(COc2cc(C(C)C)c(Cl)cc2C)O1. The predicted octanol–water partition coefficient (Wildman–Crippen LogP) is 3.92. The average molecular weight is 312 g/mol. The fourth-order valence-electron chi connectivity index (χ4n) is 2.73. The molecule has 2 unspecified atom stereocenters. The van der Waals surface area contributed by atoms with Gasteiger partial charge >= 0.3 is 0 Å². The molecule has 1 aliphatic rings. The minimum absolute atomic E-state index is 0.195. The van der Waals surface area contributed by atoms with E-state index < -0.39 is 0 Å². The lowest BCUT2D eigenvalue weighted by atomic mass is 10.0. The van der Waals surface area contributed by atoms with Crippen LogP contribution >= 0.6 is 11.6 Å². The Morgan fingerprint density at radius 2 is 2.05 bits per heavy atom. The van der Waals surface area contributed by atoms with Crippen molar-refractivity contribution in [3.05, 3.63) is 28.3 Å². The maximum atomic E-state index is 6.29. The van der Waals surface area contributed by atoms with E-state index in [9.17, 15) is 0 Å². The third kappa shape index (κ3) is 4.35. The van der Waals surface area contributed by atoms with Crippen LogP contribution in [-0.4, -0.2) is 32.4 Å². The number of benzene rings is 1. The Morgan fingerprint density at radius 1 is 1.33 bits per heavy atom. The molecule has 1 N–H and O–H groups in total. The number of rotatable bonds is 6. The van der Waals surface area contributed by atoms with Gasteiger partial charge in [0, 0.05) is 11.6 Å². The molecule has 2 rings (SSSR count). The van der Waals surface area contributed by atoms with Crippen molar-refractivity contribution < 1.29 is 9.47 Å². The zero-order valence-electron chi connectivity index (χ0n) is 13.4. The van der Waals surface area contributed by atoms with E-state index in [0.717, 1.165) is 41.3 Å². The van der Waals surface area contributed by atoms with Crippen LogP contribution in [0.3, 0.4) is 0 Å². The Labute approximate surface area is 133 Å². The highest BCUT2D eigenvalue weighted by atomic mass is 35.5. The van der Waals surface area contributed by atoms with Gasteiger partial charge in [0.2, 0.25) is 0 Å². The van der Waals surface area contributed by atoms with E-state index >= 15 is 0 Å². The molecule has 0 aromatic heterocycles. The average Bonchev–Trinajstić information content (AvgIpc) is 2.85. The van der Waals surface area contributed by atoms with Crippen molar-refractivity contribution in [2.75, 3.05) is 20.2 Å². The van der Waals surface area contributed by atoms with Gasteiger partial charge in [0.1, 0.15) is 12.4 Å². The fraction of sp³-hybridized carbons (Fsp3) is 0.647. The molecule has 0 spiro atoms. The summed E-state index contributed by atoms with van der Waals surface area (Å²) in [5.74, 6) is 1.31. The minimum Gasteiger partial charge on any atom is -0.491 e. The molecule has 1 aromatic carbocycles. The Hall–Kier alpha value is -0.770. The van der Waals surface area contributed by atoms with Gasteiger partial charge in [-0.2, -0.15) is 0 Å². The normalized spacial score (nSPS) is 22.0. The number of hydrogen-bond donors (Lipinski definition) is 1. The lowest BCUT2D eigenvalue weighted by Gasteiger charge is -2.17. The smallest absolute Gasteiger partial charge is 0.122 e. The molecule has 1 saturated heterocycles. The number of halogens is 1. The van der Waals surface area contributed by atoms with Gasteiger partial charge in [0.15, 0.2) is 0 Å². The summed E-state index contributed by atoms with van der Waals surface area (Å²) in [7, 11) is 1.96. The second-order valence-electron chi connectivity index (χ2n) is 6.12. The van der Waals surface area contributed by atoms with Gasteiger partial charge in [-0.3, -0.25) is 0 Å². The predicted molar refractivity (Wildman–Crippen MR) is 87.6 cm³/mol. The number of ether oxygens (including phenoxy) is 2. The quantitative estimate of drug-likeness (QED) is 0.864. The van der Waals surface area contributed by atoms with Gasteiger partial charge in [-0.1, -0.05) is 25.4 Å². The second-order valence-corrected chi connectivity index (χ2v) is 6.53. The highest BCUT2D eigenvalue weighted by molar-refractivity contribution is 6.31. The number of aryl methyl sites for hydroxylation is 1. The van der Waals surface area contributed by atoms with Crippen LogP contribution < -0.4 is 10.1 Å². The summed E-state index contributed by atoms with van der Waals surface area (Å²) < 4.78 is 11.9. The highest BCUT2D eigenvalue weighted by Crippen LogP contribution is 2.32. The molecule has 1 aliphatic heterocycles. The van der Waals surface area contributed by atoms with Crippen molar-refractivity contribution in [2.45, 2.75) is 51.7 Å². The summed E-state index contributed by atoms with van der Waals surface area (Å²) in [5.41, 5.74) is 2.21. The number of likely N-dealkylation sites (N-methyl/N-ethyl adjacent to an activating group) is 1. The van der Waals surface area contributed by atoms with Gasteiger partial charge in [0.05, 0.1) is 12.2 Å². The first kappa shape index (κ1) is 16.6. The van der Waals surface area contributed by atoms with Crippen molar-refractivity contribution in [3.63, 3.8) is 0 Å². The Balaban J connectivity index is 1.96. The van der Waals surface area contributed by atoms with Crippen LogP contribution in [0, 0.1) is 6.92 Å². The molecule has 2 atom stereocenters. The molecule has 0 aliphatic carbocycles. The third-order valence-electron chi connectivity index (χ3n) is 3.97. The van der Waals surface area contributed by atoms with Crippen LogP contribution in [0.4, 0.5) is 0 Å². The van der Waals surface area contributed by atoms with Gasteiger partial charge in [0.25, 0.3) is 0 Å². The number of hydrogen-bond acceptors (Lipinski definition) is 3. The van der Waals surface area contributed by atoms with E-state index in [4.69, 9.17) is 21.1 Å². The van der Waals surface area contributed by atoms with E-state index in [2.05, 4.69) is 25.2 Å². The molecule has 21 heavy (non-hydrogen) atoms. The van der Waals surface area contributed by atoms with Crippen molar-refractivity contribution in [3.8, 4) is 5.75 Å². The van der Waals surface area contributed by atoms with Crippen LogP contribution in [0.5, 0.6) is 5.75 Å². The monoisotopic (exact) mass is 311 g/mol. The van der Waals surface area contributed by atoms with E-state index in [1.807, 2.05) is 20.0 Å². The molecule has 3 nitrogen and oxygen atoms in total. The van der Waals surface area contributed by atoms with Crippen LogP contribution in [-0.2, 0) is 4.74 Å². The largest absolute Gasteiger partial charge is 0.491 e. The molecule has 0 saturated carbocycles. The molecular formula is C17H26ClNO2. The van der Waals surface area contributed by atoms with Crippen molar-refractivity contribution in [1.82, 2.24) is 5.32 Å². The molecule has 1 heterocycles. The zero-order valence-corrected chi connectivity index (χ0v) is 14.2. The van der Waals surface area contributed by atoms with E-state index in [-0.39, 0.29) is 6.10 Å². The topological polar surface area (TPSA) is 30.5 Å². The molecule has 0 amide bonds. The summed E-state index contributed by atoms with van der Waals surface area (Å²) in [6.07, 6.45) is 2.68. The van der Waals surface area contributed by atoms with Crippen LogP contribution in [0.1, 0.15) is 43.7 Å². The molecular weight excluding hydrogens is 286 g/mol. The first-order valence-corrected chi connectivity index (χ1v) is 8.12. The zero-order chi connectivity index (χ0) is 15.4. The standard InChI is InChI=1S/C17H26ClNO2/c1-11(2)15-8-17(12(3)7-16(15)18)20-10-14-6-5-13(21-14)9-19-4/h7-8,11,13-14,19H,5-6,9-10H2,1-4H3. The van der Waals surface area contributed by atoms with Crippen LogP contribution in [0.2, 0.25) is 5.02 Å². The summed E-state index contributed by atoms with van der Waals surface area (Å²) >= 11 is 6.29. The lowest BCUT2D eigenvalue weighted by Crippen LogP contribution is -2.26. The Kier molecular flexibility index (Phi) is 5.91. The van der Waals surface area contributed by atoms with Gasteiger partial charge in [-0.25, -0.2) is 0 Å². The van der Waals surface area contributed by atoms with Crippen molar-refractivity contribution >= 4 is 11.6 Å². The molecule has 1 fully saturated rings. The van der Waals surface area contributed by atoms with Crippen molar-refractivity contribution in [1.29, 1.82) is 0 Å². The van der Waals surface area contributed by atoms with Crippen LogP contribution in [0.15, 0.2) is 12.1 Å². The van der Waals surface area contributed by atoms with Gasteiger partial charge in [-0.15, -0.1) is 0 Å². The summed E-state index contributed by atoms with van der Waals surface area (Å²) in [6.45, 7) is 7.84. The third-order valence-corrected chi connectivity index (χ3v) is 4.30. The van der Waals surface area contributed by atoms with Crippen molar-refractivity contribution in [2.24, 2.45) is 0 Å².